The second-order valence-corrected chi connectivity index (χ2v) is 12.3. The molecule has 9 heteroatoms. The summed E-state index contributed by atoms with van der Waals surface area (Å²) in [5.74, 6) is -0.763. The predicted molar refractivity (Wildman–Crippen MR) is 162 cm³/mol. The summed E-state index contributed by atoms with van der Waals surface area (Å²) in [5, 5.41) is 3.38. The second-order valence-electron chi connectivity index (χ2n) is 10.0. The summed E-state index contributed by atoms with van der Waals surface area (Å²) in [6.07, 6.45) is 3.07. The van der Waals surface area contributed by atoms with Gasteiger partial charge in [-0.05, 0) is 49.1 Å². The van der Waals surface area contributed by atoms with Crippen molar-refractivity contribution < 1.29 is 18.0 Å². The van der Waals surface area contributed by atoms with Gasteiger partial charge in [-0.3, -0.25) is 13.9 Å². The minimum atomic E-state index is -3.86. The van der Waals surface area contributed by atoms with E-state index in [1.54, 1.807) is 25.1 Å². The van der Waals surface area contributed by atoms with Gasteiger partial charge in [-0.15, -0.1) is 0 Å². The van der Waals surface area contributed by atoms with Crippen LogP contribution in [0, 0.1) is 13.8 Å². The summed E-state index contributed by atoms with van der Waals surface area (Å²) in [4.78, 5) is 29.3. The van der Waals surface area contributed by atoms with E-state index in [0.29, 0.717) is 22.8 Å². The van der Waals surface area contributed by atoms with Crippen LogP contribution in [0.1, 0.15) is 42.0 Å². The molecule has 0 aliphatic rings. The van der Waals surface area contributed by atoms with E-state index >= 15 is 0 Å². The van der Waals surface area contributed by atoms with Crippen LogP contribution < -0.4 is 9.62 Å². The molecule has 3 aromatic carbocycles. The Kier molecular flexibility index (Phi) is 11.2. The van der Waals surface area contributed by atoms with Crippen molar-refractivity contribution in [2.45, 2.75) is 52.6 Å². The Morgan fingerprint density at radius 2 is 1.62 bits per heavy atom. The van der Waals surface area contributed by atoms with Crippen LogP contribution in [0.4, 0.5) is 5.69 Å². The number of nitrogens with zero attached hydrogens (tertiary/aromatic N) is 2. The summed E-state index contributed by atoms with van der Waals surface area (Å²) in [5.41, 5.74) is 3.63. The van der Waals surface area contributed by atoms with E-state index in [1.165, 1.54) is 4.90 Å². The minimum absolute atomic E-state index is 0.144. The number of aryl methyl sites for hydroxylation is 1. The molecule has 1 N–H and O–H groups in total. The third kappa shape index (κ3) is 8.57. The summed E-state index contributed by atoms with van der Waals surface area (Å²) in [7, 11) is -3.86. The molecule has 3 rings (SSSR count). The van der Waals surface area contributed by atoms with E-state index in [2.05, 4.69) is 5.32 Å². The molecular formula is C31H38ClN3O4S. The first-order chi connectivity index (χ1) is 19.0. The highest BCUT2D eigenvalue weighted by atomic mass is 35.5. The summed E-state index contributed by atoms with van der Waals surface area (Å²) >= 11 is 6.30. The molecule has 0 unspecified atom stereocenters. The Morgan fingerprint density at radius 3 is 2.27 bits per heavy atom. The standard InChI is InChI=1S/C31H38ClN3O4S/c1-5-6-18-33-31(37)29(20-25-13-8-7-9-14-25)34(21-26-15-10-12-23(2)19-26)30(36)22-35(40(4,38)39)28-17-11-16-27(32)24(28)3/h7-17,19,29H,5-6,18,20-22H2,1-4H3,(H,33,37)/t29-/m0/s1. The van der Waals surface area contributed by atoms with Crippen LogP contribution >= 0.6 is 11.6 Å². The molecule has 7 nitrogen and oxygen atoms in total. The fourth-order valence-corrected chi connectivity index (χ4v) is 5.60. The molecule has 1 atom stereocenters. The van der Waals surface area contributed by atoms with Gasteiger partial charge in [0.1, 0.15) is 12.6 Å². The van der Waals surface area contributed by atoms with Gasteiger partial charge in [-0.2, -0.15) is 0 Å². The predicted octanol–water partition coefficient (Wildman–Crippen LogP) is 5.28. The lowest BCUT2D eigenvalue weighted by Crippen LogP contribution is -2.53. The zero-order chi connectivity index (χ0) is 29.3. The van der Waals surface area contributed by atoms with Crippen LogP contribution in [0.2, 0.25) is 5.02 Å². The third-order valence-corrected chi connectivity index (χ3v) is 8.26. The molecule has 0 fully saturated rings. The Bertz CT molecular complexity index is 1410. The van der Waals surface area contributed by atoms with Crippen molar-refractivity contribution in [3.05, 3.63) is 100 Å². The number of hydrogen-bond acceptors (Lipinski definition) is 4. The number of carbonyl (C=O) groups is 2. The molecule has 0 heterocycles. The number of anilines is 1. The first-order valence-electron chi connectivity index (χ1n) is 13.4. The van der Waals surface area contributed by atoms with Crippen LogP contribution in [0.3, 0.4) is 0 Å². The van der Waals surface area contributed by atoms with Crippen molar-refractivity contribution in [2.24, 2.45) is 0 Å². The molecule has 0 saturated carbocycles. The van der Waals surface area contributed by atoms with Crippen molar-refractivity contribution >= 4 is 39.1 Å². The number of unbranched alkanes of at least 4 members (excludes halogenated alkanes) is 1. The zero-order valence-electron chi connectivity index (χ0n) is 23.6. The number of rotatable bonds is 13. The number of sulfonamides is 1. The largest absolute Gasteiger partial charge is 0.354 e. The first-order valence-corrected chi connectivity index (χ1v) is 15.6. The van der Waals surface area contributed by atoms with Gasteiger partial charge >= 0.3 is 0 Å². The van der Waals surface area contributed by atoms with Crippen molar-refractivity contribution in [1.82, 2.24) is 10.2 Å². The van der Waals surface area contributed by atoms with Gasteiger partial charge in [0.25, 0.3) is 0 Å². The molecule has 3 aromatic rings. The average molecular weight is 584 g/mol. The fourth-order valence-electron chi connectivity index (χ4n) is 4.53. The van der Waals surface area contributed by atoms with Crippen molar-refractivity contribution in [3.8, 4) is 0 Å². The van der Waals surface area contributed by atoms with Gasteiger partial charge in [-0.25, -0.2) is 8.42 Å². The van der Waals surface area contributed by atoms with E-state index < -0.39 is 28.5 Å². The van der Waals surface area contributed by atoms with E-state index in [-0.39, 0.29) is 18.9 Å². The van der Waals surface area contributed by atoms with Gasteiger partial charge in [-0.1, -0.05) is 91.2 Å². The number of carbonyl (C=O) groups excluding carboxylic acids is 2. The Morgan fingerprint density at radius 1 is 0.950 bits per heavy atom. The van der Waals surface area contributed by atoms with Crippen LogP contribution in [-0.2, 0) is 32.6 Å². The van der Waals surface area contributed by atoms with E-state index in [4.69, 9.17) is 11.6 Å². The second kappa shape index (κ2) is 14.3. The summed E-state index contributed by atoms with van der Waals surface area (Å²) < 4.78 is 27.0. The topological polar surface area (TPSA) is 86.8 Å². The third-order valence-electron chi connectivity index (χ3n) is 6.72. The van der Waals surface area contributed by atoms with Gasteiger partial charge in [0.2, 0.25) is 21.8 Å². The quantitative estimate of drug-likeness (QED) is 0.277. The van der Waals surface area contributed by atoms with Gasteiger partial charge in [0.15, 0.2) is 0 Å². The lowest BCUT2D eigenvalue weighted by Gasteiger charge is -2.34. The maximum Gasteiger partial charge on any atom is 0.244 e. The normalized spacial score (nSPS) is 12.0. The monoisotopic (exact) mass is 583 g/mol. The zero-order valence-corrected chi connectivity index (χ0v) is 25.1. The summed E-state index contributed by atoms with van der Waals surface area (Å²) in [6, 6.07) is 21.3. The Labute approximate surface area is 243 Å². The number of amides is 2. The average Bonchev–Trinajstić information content (AvgIpc) is 2.91. The van der Waals surface area contributed by atoms with Crippen LogP contribution in [0.5, 0.6) is 0 Å². The molecule has 0 aliphatic heterocycles. The van der Waals surface area contributed by atoms with Crippen molar-refractivity contribution in [2.75, 3.05) is 23.7 Å². The van der Waals surface area contributed by atoms with Crippen LogP contribution in [0.15, 0.2) is 72.8 Å². The molecule has 0 saturated heterocycles. The Balaban J connectivity index is 2.06. The first kappa shape index (κ1) is 31.2. The lowest BCUT2D eigenvalue weighted by atomic mass is 10.0. The van der Waals surface area contributed by atoms with E-state index in [1.807, 2.05) is 68.4 Å². The highest BCUT2D eigenvalue weighted by molar-refractivity contribution is 7.92. The van der Waals surface area contributed by atoms with Crippen molar-refractivity contribution in [1.29, 1.82) is 0 Å². The van der Waals surface area contributed by atoms with Gasteiger partial charge < -0.3 is 10.2 Å². The number of hydrogen-bond donors (Lipinski definition) is 1. The molecule has 0 aromatic heterocycles. The molecule has 2 amide bonds. The highest BCUT2D eigenvalue weighted by Gasteiger charge is 2.33. The van der Waals surface area contributed by atoms with Crippen molar-refractivity contribution in [3.63, 3.8) is 0 Å². The lowest BCUT2D eigenvalue weighted by molar-refractivity contribution is -0.140. The highest BCUT2D eigenvalue weighted by Crippen LogP contribution is 2.28. The van der Waals surface area contributed by atoms with E-state index in [9.17, 15) is 18.0 Å². The fraction of sp³-hybridized carbons (Fsp3) is 0.355. The van der Waals surface area contributed by atoms with Crippen LogP contribution in [0.25, 0.3) is 0 Å². The van der Waals surface area contributed by atoms with E-state index in [0.717, 1.165) is 40.1 Å². The summed E-state index contributed by atoms with van der Waals surface area (Å²) in [6.45, 7) is 5.87. The van der Waals surface area contributed by atoms with Gasteiger partial charge in [0.05, 0.1) is 11.9 Å². The molecule has 0 radical (unpaired) electrons. The minimum Gasteiger partial charge on any atom is -0.354 e. The Hall–Kier alpha value is -3.36. The molecular weight excluding hydrogens is 546 g/mol. The smallest absolute Gasteiger partial charge is 0.244 e. The molecule has 0 bridgehead atoms. The molecule has 40 heavy (non-hydrogen) atoms. The number of nitrogens with one attached hydrogen (secondary N) is 1. The number of halogens is 1. The van der Waals surface area contributed by atoms with Gasteiger partial charge in [0, 0.05) is 24.5 Å². The molecule has 0 aliphatic carbocycles. The van der Waals surface area contributed by atoms with Crippen LogP contribution in [-0.4, -0.2) is 50.5 Å². The maximum atomic E-state index is 14.1. The number of benzene rings is 3. The SMILES string of the molecule is CCCCNC(=O)[C@H](Cc1ccccc1)N(Cc1cccc(C)c1)C(=O)CN(c1cccc(Cl)c1C)S(C)(=O)=O. The molecule has 214 valence electrons. The maximum absolute atomic E-state index is 14.1. The molecule has 0 spiro atoms.